The molecule has 1 aromatic carbocycles. The molecule has 5 nitrogen and oxygen atoms in total. The van der Waals surface area contributed by atoms with Crippen molar-refractivity contribution < 1.29 is 9.59 Å². The number of carbonyl (C=O) groups excluding carboxylic acids is 2. The van der Waals surface area contributed by atoms with Crippen molar-refractivity contribution >= 4 is 23.2 Å². The molecule has 0 unspecified atom stereocenters. The summed E-state index contributed by atoms with van der Waals surface area (Å²) in [5.41, 5.74) is 11.5. The quantitative estimate of drug-likeness (QED) is 0.846. The van der Waals surface area contributed by atoms with Crippen LogP contribution in [0.15, 0.2) is 29.8 Å². The normalized spacial score (nSPS) is 10.1. The maximum Gasteiger partial charge on any atom is 0.248 e. The van der Waals surface area contributed by atoms with Gasteiger partial charge in [-0.1, -0.05) is 0 Å². The minimum absolute atomic E-state index is 0.242. The smallest absolute Gasteiger partial charge is 0.248 e. The second kappa shape index (κ2) is 4.34. The van der Waals surface area contributed by atoms with Crippen molar-refractivity contribution in [1.29, 1.82) is 0 Å². The van der Waals surface area contributed by atoms with E-state index in [0.717, 1.165) is 0 Å². The number of aromatic nitrogens is 1. The molecule has 0 saturated heterocycles. The number of thiazole rings is 1. The molecule has 6 heteroatoms. The van der Waals surface area contributed by atoms with E-state index in [1.54, 1.807) is 23.7 Å². The average Bonchev–Trinajstić information content (AvgIpc) is 2.81. The Morgan fingerprint density at radius 3 is 2.06 bits per heavy atom. The summed E-state index contributed by atoms with van der Waals surface area (Å²) in [6.07, 6.45) is 1.64. The lowest BCUT2D eigenvalue weighted by Gasteiger charge is -2.03. The van der Waals surface area contributed by atoms with Crippen LogP contribution in [0.2, 0.25) is 0 Å². The molecular weight excluding hydrogens is 238 g/mol. The molecule has 4 N–H and O–H groups in total. The number of primary amides is 2. The molecule has 0 aliphatic rings. The van der Waals surface area contributed by atoms with E-state index in [4.69, 9.17) is 11.5 Å². The fraction of sp³-hybridized carbons (Fsp3) is 0. The van der Waals surface area contributed by atoms with Crippen molar-refractivity contribution in [2.24, 2.45) is 11.5 Å². The minimum Gasteiger partial charge on any atom is -0.366 e. The van der Waals surface area contributed by atoms with Crippen LogP contribution in [0.25, 0.3) is 10.6 Å². The van der Waals surface area contributed by atoms with E-state index in [1.165, 1.54) is 17.4 Å². The first-order valence-electron chi connectivity index (χ1n) is 4.72. The highest BCUT2D eigenvalue weighted by molar-refractivity contribution is 7.13. The Morgan fingerprint density at radius 2 is 1.65 bits per heavy atom. The van der Waals surface area contributed by atoms with Crippen LogP contribution in [0.4, 0.5) is 0 Å². The lowest BCUT2D eigenvalue weighted by atomic mass is 10.1. The highest BCUT2D eigenvalue weighted by Crippen LogP contribution is 2.24. The Labute approximate surface area is 101 Å². The number of nitrogens with zero attached hydrogens (tertiary/aromatic N) is 1. The molecule has 17 heavy (non-hydrogen) atoms. The van der Waals surface area contributed by atoms with Crippen LogP contribution >= 0.6 is 11.3 Å². The molecule has 1 aromatic heterocycles. The Kier molecular flexibility index (Phi) is 2.88. The third kappa shape index (κ3) is 2.31. The Bertz CT molecular complexity index is 546. The zero-order valence-corrected chi connectivity index (χ0v) is 9.53. The van der Waals surface area contributed by atoms with Gasteiger partial charge in [-0.05, 0) is 18.2 Å². The van der Waals surface area contributed by atoms with E-state index in [1.807, 2.05) is 0 Å². The second-order valence-corrected chi connectivity index (χ2v) is 4.26. The molecule has 0 radical (unpaired) electrons. The van der Waals surface area contributed by atoms with Gasteiger partial charge < -0.3 is 11.5 Å². The molecule has 86 valence electrons. The van der Waals surface area contributed by atoms with E-state index in [-0.39, 0.29) is 11.1 Å². The van der Waals surface area contributed by atoms with Crippen LogP contribution in [0, 0.1) is 0 Å². The van der Waals surface area contributed by atoms with E-state index in [2.05, 4.69) is 4.98 Å². The molecular formula is C11H9N3O2S. The van der Waals surface area contributed by atoms with Gasteiger partial charge >= 0.3 is 0 Å². The van der Waals surface area contributed by atoms with Crippen LogP contribution in [0.1, 0.15) is 20.7 Å². The maximum atomic E-state index is 11.2. The fourth-order valence-corrected chi connectivity index (χ4v) is 2.03. The van der Waals surface area contributed by atoms with Gasteiger partial charge in [0.2, 0.25) is 11.8 Å². The van der Waals surface area contributed by atoms with Gasteiger partial charge in [-0.15, -0.1) is 11.3 Å². The highest BCUT2D eigenvalue weighted by Gasteiger charge is 2.11. The molecule has 2 rings (SSSR count). The fourth-order valence-electron chi connectivity index (χ4n) is 1.40. The van der Waals surface area contributed by atoms with Gasteiger partial charge in [0.25, 0.3) is 0 Å². The summed E-state index contributed by atoms with van der Waals surface area (Å²) in [6.45, 7) is 0. The van der Waals surface area contributed by atoms with Gasteiger partial charge in [-0.25, -0.2) is 4.98 Å². The van der Waals surface area contributed by atoms with Crippen molar-refractivity contribution in [2.75, 3.05) is 0 Å². The molecule has 2 aromatic rings. The van der Waals surface area contributed by atoms with Crippen molar-refractivity contribution in [3.05, 3.63) is 40.9 Å². The molecule has 0 saturated carbocycles. The largest absolute Gasteiger partial charge is 0.366 e. The van der Waals surface area contributed by atoms with Crippen LogP contribution in [0.5, 0.6) is 0 Å². The van der Waals surface area contributed by atoms with Gasteiger partial charge in [0.1, 0.15) is 5.01 Å². The van der Waals surface area contributed by atoms with E-state index in [0.29, 0.717) is 10.6 Å². The number of carbonyl (C=O) groups is 2. The van der Waals surface area contributed by atoms with Crippen LogP contribution in [-0.4, -0.2) is 16.8 Å². The third-order valence-corrected chi connectivity index (χ3v) is 3.00. The van der Waals surface area contributed by atoms with E-state index in [9.17, 15) is 9.59 Å². The Balaban J connectivity index is 2.60. The third-order valence-electron chi connectivity index (χ3n) is 2.18. The summed E-state index contributed by atoms with van der Waals surface area (Å²) in [6, 6.07) is 4.56. The summed E-state index contributed by atoms with van der Waals surface area (Å²) in [5.74, 6) is -1.21. The maximum absolute atomic E-state index is 11.2. The van der Waals surface area contributed by atoms with Gasteiger partial charge in [0, 0.05) is 28.3 Å². The van der Waals surface area contributed by atoms with Crippen LogP contribution < -0.4 is 11.5 Å². The first-order chi connectivity index (χ1) is 8.08. The van der Waals surface area contributed by atoms with E-state index >= 15 is 0 Å². The van der Waals surface area contributed by atoms with Crippen molar-refractivity contribution in [3.8, 4) is 10.6 Å². The SMILES string of the molecule is NC(=O)c1cc(C(N)=O)cc(-c2nccs2)c1. The van der Waals surface area contributed by atoms with Gasteiger partial charge in [0.15, 0.2) is 0 Å². The number of nitrogens with two attached hydrogens (primary N) is 2. The van der Waals surface area contributed by atoms with Crippen LogP contribution in [-0.2, 0) is 0 Å². The topological polar surface area (TPSA) is 99.1 Å². The summed E-state index contributed by atoms with van der Waals surface area (Å²) in [7, 11) is 0. The van der Waals surface area contributed by atoms with Crippen LogP contribution in [0.3, 0.4) is 0 Å². The summed E-state index contributed by atoms with van der Waals surface area (Å²) in [5, 5.41) is 2.51. The Morgan fingerprint density at radius 1 is 1.06 bits per heavy atom. The number of hydrogen-bond donors (Lipinski definition) is 2. The molecule has 0 fully saturated rings. The molecule has 0 aliphatic heterocycles. The zero-order chi connectivity index (χ0) is 12.4. The number of rotatable bonds is 3. The first-order valence-corrected chi connectivity index (χ1v) is 5.60. The first kappa shape index (κ1) is 11.3. The zero-order valence-electron chi connectivity index (χ0n) is 8.71. The molecule has 0 spiro atoms. The lowest BCUT2D eigenvalue weighted by molar-refractivity contribution is 0.0999. The predicted octanol–water partition coefficient (Wildman–Crippen LogP) is 1.01. The van der Waals surface area contributed by atoms with Crippen molar-refractivity contribution in [2.45, 2.75) is 0 Å². The molecule has 0 aliphatic carbocycles. The highest BCUT2D eigenvalue weighted by atomic mass is 32.1. The second-order valence-electron chi connectivity index (χ2n) is 3.36. The van der Waals surface area contributed by atoms with Gasteiger partial charge in [-0.3, -0.25) is 9.59 Å². The predicted molar refractivity (Wildman–Crippen MR) is 64.6 cm³/mol. The van der Waals surface area contributed by atoms with Crippen molar-refractivity contribution in [1.82, 2.24) is 4.98 Å². The number of benzene rings is 1. The molecule has 1 heterocycles. The van der Waals surface area contributed by atoms with Gasteiger partial charge in [0.05, 0.1) is 0 Å². The monoisotopic (exact) mass is 247 g/mol. The summed E-state index contributed by atoms with van der Waals surface area (Å²) >= 11 is 1.40. The number of hydrogen-bond acceptors (Lipinski definition) is 4. The standard InChI is InChI=1S/C11H9N3O2S/c12-9(15)6-3-7(10(13)16)5-8(4-6)11-14-1-2-17-11/h1-5H,(H2,12,15)(H2,13,16). The average molecular weight is 247 g/mol. The Hall–Kier alpha value is -2.21. The molecule has 0 atom stereocenters. The van der Waals surface area contributed by atoms with Crippen molar-refractivity contribution in [3.63, 3.8) is 0 Å². The minimum atomic E-state index is -0.606. The van der Waals surface area contributed by atoms with E-state index < -0.39 is 11.8 Å². The lowest BCUT2D eigenvalue weighted by Crippen LogP contribution is -2.15. The summed E-state index contributed by atoms with van der Waals surface area (Å²) < 4.78 is 0. The molecule has 2 amide bonds. The molecule has 0 bridgehead atoms. The number of amides is 2. The van der Waals surface area contributed by atoms with Gasteiger partial charge in [-0.2, -0.15) is 0 Å². The summed E-state index contributed by atoms with van der Waals surface area (Å²) in [4.78, 5) is 26.4.